The predicted molar refractivity (Wildman–Crippen MR) is 128 cm³/mol. The van der Waals surface area contributed by atoms with Gasteiger partial charge in [-0.3, -0.25) is 4.79 Å². The number of anilines is 2. The molecule has 3 heterocycles. The van der Waals surface area contributed by atoms with Crippen molar-refractivity contribution < 1.29 is 13.9 Å². The molecule has 12 heteroatoms. The highest BCUT2D eigenvalue weighted by molar-refractivity contribution is 7.98. The van der Waals surface area contributed by atoms with Crippen LogP contribution in [0, 0.1) is 11.6 Å². The number of piperazine rings is 1. The van der Waals surface area contributed by atoms with E-state index in [9.17, 15) is 18.7 Å². The summed E-state index contributed by atoms with van der Waals surface area (Å²) in [5.41, 5.74) is 0.376. The lowest BCUT2D eigenvalue weighted by atomic mass is 10.1. The highest BCUT2D eigenvalue weighted by atomic mass is 32.2. The second-order valence-corrected chi connectivity index (χ2v) is 9.49. The molecule has 0 aliphatic carbocycles. The van der Waals surface area contributed by atoms with E-state index < -0.39 is 11.6 Å². The minimum atomic E-state index is -0.922. The summed E-state index contributed by atoms with van der Waals surface area (Å²) in [6, 6.07) is 4.02. The first kappa shape index (κ1) is 24.3. The fraction of sp³-hybridized carbons (Fsp3) is 0.455. The van der Waals surface area contributed by atoms with Crippen molar-refractivity contribution in [2.24, 2.45) is 0 Å². The van der Waals surface area contributed by atoms with Crippen LogP contribution in [0.25, 0.3) is 11.2 Å². The second-order valence-electron chi connectivity index (χ2n) is 8.54. The zero-order valence-electron chi connectivity index (χ0n) is 19.1. The molecule has 1 aliphatic rings. The van der Waals surface area contributed by atoms with Gasteiger partial charge in [0.2, 0.25) is 0 Å². The van der Waals surface area contributed by atoms with E-state index in [0.29, 0.717) is 24.4 Å². The van der Waals surface area contributed by atoms with Crippen LogP contribution in [-0.2, 0) is 5.75 Å². The Bertz CT molecular complexity index is 1230. The fourth-order valence-electron chi connectivity index (χ4n) is 3.91. The van der Waals surface area contributed by atoms with Gasteiger partial charge in [0.1, 0.15) is 0 Å². The predicted octanol–water partition coefficient (Wildman–Crippen LogP) is 2.26. The molecule has 0 spiro atoms. The van der Waals surface area contributed by atoms with Crippen LogP contribution in [0.15, 0.2) is 28.2 Å². The van der Waals surface area contributed by atoms with Crippen molar-refractivity contribution in [3.8, 4) is 0 Å². The average molecular weight is 492 g/mol. The Balaban J connectivity index is 1.72. The zero-order valence-corrected chi connectivity index (χ0v) is 19.9. The topological polar surface area (TPSA) is 119 Å². The molecule has 1 aliphatic heterocycles. The first-order chi connectivity index (χ1) is 16.2. The number of aromatic nitrogens is 4. The van der Waals surface area contributed by atoms with Crippen LogP contribution in [0.1, 0.15) is 26.3 Å². The molecular weight excluding hydrogens is 464 g/mol. The summed E-state index contributed by atoms with van der Waals surface area (Å²) in [7, 11) is 0. The largest absolute Gasteiger partial charge is 0.394 e. The molecule has 0 saturated carbocycles. The maximum absolute atomic E-state index is 14.0. The summed E-state index contributed by atoms with van der Waals surface area (Å²) in [6.45, 7) is 6.95. The van der Waals surface area contributed by atoms with Gasteiger partial charge in [-0.1, -0.05) is 23.9 Å². The maximum Gasteiger partial charge on any atom is 0.292 e. The highest BCUT2D eigenvalue weighted by Gasteiger charge is 2.25. The van der Waals surface area contributed by atoms with Crippen LogP contribution in [0.3, 0.4) is 0 Å². The van der Waals surface area contributed by atoms with Crippen LogP contribution in [0.2, 0.25) is 0 Å². The first-order valence-electron chi connectivity index (χ1n) is 11.0. The number of aliphatic hydroxyl groups excluding tert-OH is 1. The van der Waals surface area contributed by atoms with Gasteiger partial charge in [-0.15, -0.1) is 0 Å². The lowest BCUT2D eigenvalue weighted by Crippen LogP contribution is -2.55. The van der Waals surface area contributed by atoms with Crippen molar-refractivity contribution in [2.45, 2.75) is 49.8 Å². The Morgan fingerprint density at radius 2 is 1.97 bits per heavy atom. The minimum Gasteiger partial charge on any atom is -0.394 e. The van der Waals surface area contributed by atoms with Gasteiger partial charge in [-0.05, 0) is 26.8 Å². The van der Waals surface area contributed by atoms with E-state index in [1.807, 2.05) is 18.7 Å². The molecule has 1 fully saturated rings. The number of rotatable bonds is 7. The highest BCUT2D eigenvalue weighted by Crippen LogP contribution is 2.27. The van der Waals surface area contributed by atoms with Crippen LogP contribution >= 0.6 is 11.8 Å². The van der Waals surface area contributed by atoms with E-state index in [0.717, 1.165) is 17.8 Å². The molecule has 4 N–H and O–H groups in total. The molecule has 34 heavy (non-hydrogen) atoms. The van der Waals surface area contributed by atoms with E-state index in [1.54, 1.807) is 6.92 Å². The number of nitrogens with zero attached hydrogens (tertiary/aromatic N) is 4. The van der Waals surface area contributed by atoms with E-state index in [1.165, 1.54) is 12.1 Å². The van der Waals surface area contributed by atoms with Crippen LogP contribution in [0.4, 0.5) is 20.4 Å². The number of nitrogens with one attached hydrogen (secondary N) is 3. The van der Waals surface area contributed by atoms with Gasteiger partial charge in [0.15, 0.2) is 39.6 Å². The first-order valence-corrected chi connectivity index (χ1v) is 12.0. The molecule has 2 aromatic heterocycles. The summed E-state index contributed by atoms with van der Waals surface area (Å²) in [5, 5.41) is 16.3. The third-order valence-electron chi connectivity index (χ3n) is 5.42. The molecule has 0 bridgehead atoms. The SMILES string of the molecule is CC(CO)Nc1nc(SCc2cccc(F)c2F)nc2[nH]c(=O)c(N3CC(C)NC(C)C3)nc12. The molecule has 1 aromatic carbocycles. The van der Waals surface area contributed by atoms with Gasteiger partial charge in [-0.25, -0.2) is 23.7 Å². The molecule has 3 aromatic rings. The molecule has 182 valence electrons. The molecule has 3 atom stereocenters. The van der Waals surface area contributed by atoms with Gasteiger partial charge >= 0.3 is 0 Å². The number of benzene rings is 1. The standard InChI is InChI=1S/C22H27F2N7O2S/c1-11-7-31(8-12(2)25-11)20-21(33)28-19-17(27-20)18(26-13(3)9-32)29-22(30-19)34-10-14-5-4-6-15(23)16(14)24/h4-6,11-13,25,32H,7-10H2,1-3H3,(H2,26,28,29,30,33). The number of hydrogen-bond acceptors (Lipinski definition) is 9. The number of aliphatic hydroxyl groups is 1. The lowest BCUT2D eigenvalue weighted by Gasteiger charge is -2.36. The number of halogens is 2. The van der Waals surface area contributed by atoms with Crippen molar-refractivity contribution in [2.75, 3.05) is 29.9 Å². The Kier molecular flexibility index (Phi) is 7.29. The summed E-state index contributed by atoms with van der Waals surface area (Å²) in [6.07, 6.45) is 0. The molecule has 4 rings (SSSR count). The third-order valence-corrected chi connectivity index (χ3v) is 6.31. The van der Waals surface area contributed by atoms with E-state index >= 15 is 0 Å². The van der Waals surface area contributed by atoms with Crippen molar-refractivity contribution in [1.29, 1.82) is 0 Å². The molecule has 0 amide bonds. The van der Waals surface area contributed by atoms with Gasteiger partial charge in [0.25, 0.3) is 5.56 Å². The molecule has 1 saturated heterocycles. The van der Waals surface area contributed by atoms with Crippen molar-refractivity contribution in [1.82, 2.24) is 25.3 Å². The summed E-state index contributed by atoms with van der Waals surface area (Å²) in [4.78, 5) is 31.1. The average Bonchev–Trinajstić information content (AvgIpc) is 2.78. The molecular formula is C22H27F2N7O2S. The number of aromatic amines is 1. The monoisotopic (exact) mass is 491 g/mol. The van der Waals surface area contributed by atoms with Crippen molar-refractivity contribution in [3.05, 3.63) is 45.8 Å². The number of hydrogen-bond donors (Lipinski definition) is 4. The summed E-state index contributed by atoms with van der Waals surface area (Å²) < 4.78 is 27.6. The second kappa shape index (κ2) is 10.2. The number of H-pyrrole nitrogens is 1. The van der Waals surface area contributed by atoms with Crippen molar-refractivity contribution in [3.63, 3.8) is 0 Å². The zero-order chi connectivity index (χ0) is 24.4. The molecule has 9 nitrogen and oxygen atoms in total. The number of thioether (sulfide) groups is 1. The van der Waals surface area contributed by atoms with Crippen molar-refractivity contribution >= 4 is 34.6 Å². The normalized spacial score (nSPS) is 19.4. The summed E-state index contributed by atoms with van der Waals surface area (Å²) >= 11 is 1.10. The fourth-order valence-corrected chi connectivity index (χ4v) is 4.73. The van der Waals surface area contributed by atoms with Crippen LogP contribution in [0.5, 0.6) is 0 Å². The Hall–Kier alpha value is -2.83. The van der Waals surface area contributed by atoms with E-state index in [4.69, 9.17) is 0 Å². The lowest BCUT2D eigenvalue weighted by molar-refractivity contribution is 0.281. The smallest absolute Gasteiger partial charge is 0.292 e. The van der Waals surface area contributed by atoms with E-state index in [-0.39, 0.29) is 58.2 Å². The number of fused-ring (bicyclic) bond motifs is 1. The Labute approximate surface area is 199 Å². The van der Waals surface area contributed by atoms with Gasteiger partial charge < -0.3 is 25.6 Å². The Morgan fingerprint density at radius 3 is 2.68 bits per heavy atom. The molecule has 0 radical (unpaired) electrons. The van der Waals surface area contributed by atoms with Gasteiger partial charge in [0.05, 0.1) is 6.61 Å². The quantitative estimate of drug-likeness (QED) is 0.291. The molecule has 3 unspecified atom stereocenters. The third kappa shape index (κ3) is 5.29. The van der Waals surface area contributed by atoms with Gasteiger partial charge in [0, 0.05) is 42.5 Å². The van der Waals surface area contributed by atoms with Crippen LogP contribution in [-0.4, -0.2) is 62.9 Å². The Morgan fingerprint density at radius 1 is 1.24 bits per heavy atom. The maximum atomic E-state index is 14.0. The van der Waals surface area contributed by atoms with Crippen LogP contribution < -0.4 is 21.1 Å². The van der Waals surface area contributed by atoms with Gasteiger partial charge in [-0.2, -0.15) is 0 Å². The minimum absolute atomic E-state index is 0.0936. The van der Waals surface area contributed by atoms with E-state index in [2.05, 4.69) is 30.6 Å². The summed E-state index contributed by atoms with van der Waals surface area (Å²) in [5.74, 6) is -1.13.